The lowest BCUT2D eigenvalue weighted by Gasteiger charge is -2.20. The zero-order chi connectivity index (χ0) is 15.0. The van der Waals surface area contributed by atoms with Gasteiger partial charge in [0.25, 0.3) is 0 Å². The highest BCUT2D eigenvalue weighted by Crippen LogP contribution is 2.26. The highest BCUT2D eigenvalue weighted by molar-refractivity contribution is 6.17. The summed E-state index contributed by atoms with van der Waals surface area (Å²) in [6, 6.07) is 1.27. The van der Waals surface area contributed by atoms with Gasteiger partial charge in [-0.2, -0.15) is 0 Å². The van der Waals surface area contributed by atoms with Crippen LogP contribution in [0, 0.1) is 11.6 Å². The standard InChI is InChI=1S/C13H14ClF2N3O/c1-7(13(20)18(2)3)19-10-5-8(15)4-9(16)12(10)17-11(19)6-14/h4-5,7H,6H2,1-3H3. The second-order valence-corrected chi connectivity index (χ2v) is 4.96. The number of rotatable bonds is 3. The number of fused-ring (bicyclic) bond motifs is 1. The van der Waals surface area contributed by atoms with Crippen LogP contribution in [0.4, 0.5) is 8.78 Å². The zero-order valence-corrected chi connectivity index (χ0v) is 12.1. The van der Waals surface area contributed by atoms with Gasteiger partial charge >= 0.3 is 0 Å². The molecule has 1 amide bonds. The molecule has 1 heterocycles. The number of imidazole rings is 1. The summed E-state index contributed by atoms with van der Waals surface area (Å²) in [5.41, 5.74) is 0.237. The van der Waals surface area contributed by atoms with E-state index in [4.69, 9.17) is 11.6 Å². The van der Waals surface area contributed by atoms with Gasteiger partial charge in [0, 0.05) is 26.2 Å². The van der Waals surface area contributed by atoms with E-state index >= 15 is 0 Å². The number of carbonyl (C=O) groups excluding carboxylic acids is 1. The minimum absolute atomic E-state index is 0.000781. The molecule has 7 heteroatoms. The van der Waals surface area contributed by atoms with Gasteiger partial charge in [-0.15, -0.1) is 11.6 Å². The first kappa shape index (κ1) is 14.7. The molecule has 0 saturated carbocycles. The van der Waals surface area contributed by atoms with Crippen LogP contribution in [0.1, 0.15) is 18.8 Å². The van der Waals surface area contributed by atoms with Gasteiger partial charge in [-0.25, -0.2) is 13.8 Å². The number of benzene rings is 1. The highest BCUT2D eigenvalue weighted by atomic mass is 35.5. The van der Waals surface area contributed by atoms with E-state index < -0.39 is 17.7 Å². The topological polar surface area (TPSA) is 38.1 Å². The molecule has 0 bridgehead atoms. The van der Waals surface area contributed by atoms with Crippen molar-refractivity contribution in [2.45, 2.75) is 18.8 Å². The minimum Gasteiger partial charge on any atom is -0.347 e. The number of halogens is 3. The van der Waals surface area contributed by atoms with Crippen molar-refractivity contribution in [3.8, 4) is 0 Å². The van der Waals surface area contributed by atoms with Gasteiger partial charge in [0.05, 0.1) is 11.4 Å². The lowest BCUT2D eigenvalue weighted by Crippen LogP contribution is -2.30. The predicted octanol–water partition coefficient (Wildman–Crippen LogP) is 2.70. The summed E-state index contributed by atoms with van der Waals surface area (Å²) in [6.07, 6.45) is 0. The average molecular weight is 302 g/mol. The molecule has 0 aliphatic carbocycles. The van der Waals surface area contributed by atoms with Crippen LogP contribution in [0.2, 0.25) is 0 Å². The smallest absolute Gasteiger partial charge is 0.244 e. The maximum Gasteiger partial charge on any atom is 0.244 e. The van der Waals surface area contributed by atoms with Crippen molar-refractivity contribution >= 4 is 28.5 Å². The van der Waals surface area contributed by atoms with Gasteiger partial charge in [-0.1, -0.05) is 0 Å². The van der Waals surface area contributed by atoms with E-state index in [0.717, 1.165) is 12.1 Å². The molecule has 0 saturated heterocycles. The lowest BCUT2D eigenvalue weighted by molar-refractivity contribution is -0.131. The average Bonchev–Trinajstić information content (AvgIpc) is 2.75. The fraction of sp³-hybridized carbons (Fsp3) is 0.385. The number of hydrogen-bond acceptors (Lipinski definition) is 2. The van der Waals surface area contributed by atoms with Gasteiger partial charge in [0.1, 0.15) is 23.2 Å². The third kappa shape index (κ3) is 2.35. The normalized spacial score (nSPS) is 12.7. The third-order valence-electron chi connectivity index (χ3n) is 3.09. The van der Waals surface area contributed by atoms with E-state index in [1.54, 1.807) is 21.0 Å². The molecule has 0 N–H and O–H groups in total. The summed E-state index contributed by atoms with van der Waals surface area (Å²) in [7, 11) is 3.22. The van der Waals surface area contributed by atoms with Crippen LogP contribution in [-0.2, 0) is 10.7 Å². The molecule has 2 rings (SSSR count). The van der Waals surface area contributed by atoms with Crippen LogP contribution in [0.15, 0.2) is 12.1 Å². The van der Waals surface area contributed by atoms with Gasteiger partial charge in [-0.3, -0.25) is 4.79 Å². The second kappa shape index (κ2) is 5.36. The van der Waals surface area contributed by atoms with Crippen LogP contribution in [0.3, 0.4) is 0 Å². The summed E-state index contributed by atoms with van der Waals surface area (Å²) >= 11 is 5.80. The first-order valence-electron chi connectivity index (χ1n) is 5.99. The summed E-state index contributed by atoms with van der Waals surface area (Å²) in [5, 5.41) is 0. The van der Waals surface area contributed by atoms with E-state index in [2.05, 4.69) is 4.98 Å². The predicted molar refractivity (Wildman–Crippen MR) is 72.6 cm³/mol. The molecule has 0 fully saturated rings. The Bertz CT molecular complexity index is 669. The Labute approximate surface area is 119 Å². The molecule has 1 atom stereocenters. The van der Waals surface area contributed by atoms with Crippen molar-refractivity contribution in [1.29, 1.82) is 0 Å². The summed E-state index contributed by atoms with van der Waals surface area (Å²) in [5.74, 6) is -1.37. The lowest BCUT2D eigenvalue weighted by atomic mass is 10.2. The van der Waals surface area contributed by atoms with E-state index in [0.29, 0.717) is 5.82 Å². The summed E-state index contributed by atoms with van der Waals surface area (Å²) in [4.78, 5) is 17.5. The van der Waals surface area contributed by atoms with Gasteiger partial charge < -0.3 is 9.47 Å². The number of likely N-dealkylation sites (N-methyl/N-ethyl adjacent to an activating group) is 1. The number of carbonyl (C=O) groups is 1. The van der Waals surface area contributed by atoms with Crippen LogP contribution in [0.5, 0.6) is 0 Å². The molecule has 0 radical (unpaired) electrons. The van der Waals surface area contributed by atoms with Crippen molar-refractivity contribution in [2.75, 3.05) is 14.1 Å². The van der Waals surface area contributed by atoms with Crippen molar-refractivity contribution in [3.63, 3.8) is 0 Å². The van der Waals surface area contributed by atoms with Crippen LogP contribution in [0.25, 0.3) is 11.0 Å². The molecule has 0 spiro atoms. The fourth-order valence-electron chi connectivity index (χ4n) is 2.18. The molecule has 108 valence electrons. The van der Waals surface area contributed by atoms with Crippen molar-refractivity contribution < 1.29 is 13.6 Å². The van der Waals surface area contributed by atoms with Gasteiger partial charge in [0.2, 0.25) is 5.91 Å². The Hall–Kier alpha value is -1.69. The molecule has 4 nitrogen and oxygen atoms in total. The molecular weight excluding hydrogens is 288 g/mol. The van der Waals surface area contributed by atoms with E-state index in [-0.39, 0.29) is 22.8 Å². The third-order valence-corrected chi connectivity index (χ3v) is 3.33. The molecular formula is C13H14ClF2N3O. The van der Waals surface area contributed by atoms with Crippen molar-refractivity contribution in [3.05, 3.63) is 29.6 Å². The van der Waals surface area contributed by atoms with E-state index in [1.807, 2.05) is 0 Å². The number of amides is 1. The Kier molecular flexibility index (Phi) is 3.94. The Balaban J connectivity index is 2.70. The number of hydrogen-bond donors (Lipinski definition) is 0. The first-order chi connectivity index (χ1) is 9.36. The maximum absolute atomic E-state index is 13.7. The quantitative estimate of drug-likeness (QED) is 0.818. The summed E-state index contributed by atoms with van der Waals surface area (Å²) in [6.45, 7) is 1.64. The fourth-order valence-corrected chi connectivity index (χ4v) is 2.37. The monoisotopic (exact) mass is 301 g/mol. The number of aromatic nitrogens is 2. The maximum atomic E-state index is 13.7. The molecule has 1 unspecified atom stereocenters. The minimum atomic E-state index is -0.769. The molecule has 20 heavy (non-hydrogen) atoms. The largest absolute Gasteiger partial charge is 0.347 e. The SMILES string of the molecule is CC(C(=O)N(C)C)n1c(CCl)nc2c(F)cc(F)cc21. The highest BCUT2D eigenvalue weighted by Gasteiger charge is 2.24. The van der Waals surface area contributed by atoms with Gasteiger partial charge in [0.15, 0.2) is 5.82 Å². The molecule has 1 aromatic carbocycles. The second-order valence-electron chi connectivity index (χ2n) is 4.70. The summed E-state index contributed by atoms with van der Waals surface area (Å²) < 4.78 is 28.6. The van der Waals surface area contributed by atoms with Gasteiger partial charge in [-0.05, 0) is 6.92 Å². The molecule has 0 aliphatic rings. The van der Waals surface area contributed by atoms with E-state index in [1.165, 1.54) is 9.47 Å². The number of nitrogens with zero attached hydrogens (tertiary/aromatic N) is 3. The Morgan fingerprint density at radius 1 is 1.45 bits per heavy atom. The Morgan fingerprint density at radius 3 is 2.65 bits per heavy atom. The molecule has 1 aromatic heterocycles. The Morgan fingerprint density at radius 2 is 2.10 bits per heavy atom. The zero-order valence-electron chi connectivity index (χ0n) is 11.3. The van der Waals surface area contributed by atoms with Crippen LogP contribution in [-0.4, -0.2) is 34.5 Å². The van der Waals surface area contributed by atoms with E-state index in [9.17, 15) is 13.6 Å². The first-order valence-corrected chi connectivity index (χ1v) is 6.53. The van der Waals surface area contributed by atoms with Crippen LogP contribution >= 0.6 is 11.6 Å². The van der Waals surface area contributed by atoms with Crippen molar-refractivity contribution in [2.24, 2.45) is 0 Å². The van der Waals surface area contributed by atoms with Crippen LogP contribution < -0.4 is 0 Å². The molecule has 0 aliphatic heterocycles. The number of alkyl halides is 1. The van der Waals surface area contributed by atoms with Crippen molar-refractivity contribution in [1.82, 2.24) is 14.5 Å². The molecule has 2 aromatic rings.